The van der Waals surface area contributed by atoms with E-state index in [0.717, 1.165) is 24.3 Å². The van der Waals surface area contributed by atoms with E-state index in [1.807, 2.05) is 0 Å². The van der Waals surface area contributed by atoms with Crippen LogP contribution in [0.5, 0.6) is 0 Å². The third-order valence-corrected chi connectivity index (χ3v) is 4.14. The number of hydrogen-bond donors (Lipinski definition) is 2. The zero-order valence-electron chi connectivity index (χ0n) is 16.2. The first-order chi connectivity index (χ1) is 14.0. The second-order valence-electron chi connectivity index (χ2n) is 6.15. The van der Waals surface area contributed by atoms with Gasteiger partial charge in [-0.3, -0.25) is 0 Å². The molecule has 1 rings (SSSR count). The molecule has 0 fully saturated rings. The number of aromatic carboxylic acids is 2. The van der Waals surface area contributed by atoms with E-state index in [1.54, 1.807) is 0 Å². The molecule has 4 unspecified atom stereocenters. The Kier molecular flexibility index (Phi) is 8.45. The van der Waals surface area contributed by atoms with Crippen molar-refractivity contribution in [1.82, 2.24) is 0 Å². The minimum absolute atomic E-state index is 0.294. The van der Waals surface area contributed by atoms with Crippen LogP contribution < -0.4 is 10.2 Å². The maximum atomic E-state index is 11.7. The molecule has 0 heterocycles. The van der Waals surface area contributed by atoms with Gasteiger partial charge in [0.05, 0.1) is 11.9 Å². The van der Waals surface area contributed by atoms with E-state index in [4.69, 9.17) is 9.47 Å². The SMILES string of the molecule is C=CC(=O)OC(C)C(O)c1ccc(C(=O)[O-])c(C(=O)[O-])c1C(O)C(C)OC(=O)C=C. The highest BCUT2D eigenvalue weighted by atomic mass is 16.6. The minimum Gasteiger partial charge on any atom is -0.545 e. The number of ether oxygens (including phenoxy) is 2. The maximum absolute atomic E-state index is 11.7. The molecule has 0 aliphatic carbocycles. The van der Waals surface area contributed by atoms with Gasteiger partial charge in [-0.1, -0.05) is 25.3 Å². The zero-order chi connectivity index (χ0) is 23.2. The van der Waals surface area contributed by atoms with Crippen molar-refractivity contribution in [3.8, 4) is 0 Å². The standard InChI is InChI=1S/C20H22O10/c1-5-13(21)29-9(3)17(23)11-7-8-12(19(25)26)16(20(27)28)15(11)18(24)10(4)30-14(22)6-2/h5-10,17-18,23-24H,1-2H2,3-4H3,(H,25,26)(H,27,28)/p-2. The van der Waals surface area contributed by atoms with E-state index in [0.29, 0.717) is 0 Å². The lowest BCUT2D eigenvalue weighted by Crippen LogP contribution is -2.35. The highest BCUT2D eigenvalue weighted by molar-refractivity contribution is 6.01. The summed E-state index contributed by atoms with van der Waals surface area (Å²) in [6.07, 6.45) is -4.62. The van der Waals surface area contributed by atoms with Gasteiger partial charge in [-0.05, 0) is 25.0 Å². The van der Waals surface area contributed by atoms with Gasteiger partial charge in [-0.25, -0.2) is 9.59 Å². The van der Waals surface area contributed by atoms with Crippen LogP contribution in [0.1, 0.15) is 57.9 Å². The van der Waals surface area contributed by atoms with Gasteiger partial charge in [0, 0.05) is 23.3 Å². The number of aliphatic hydroxyl groups is 2. The van der Waals surface area contributed by atoms with Crippen LogP contribution in [-0.2, 0) is 19.1 Å². The van der Waals surface area contributed by atoms with E-state index in [2.05, 4.69) is 13.2 Å². The fourth-order valence-electron chi connectivity index (χ4n) is 2.68. The molecule has 30 heavy (non-hydrogen) atoms. The zero-order valence-corrected chi connectivity index (χ0v) is 16.2. The van der Waals surface area contributed by atoms with E-state index >= 15 is 0 Å². The molecular formula is C20H20O10-2. The molecule has 2 N–H and O–H groups in total. The Morgan fingerprint density at radius 1 is 0.900 bits per heavy atom. The molecule has 10 heteroatoms. The maximum Gasteiger partial charge on any atom is 0.330 e. The van der Waals surface area contributed by atoms with Gasteiger partial charge < -0.3 is 39.5 Å². The van der Waals surface area contributed by atoms with Crippen LogP contribution in [-0.4, -0.2) is 46.3 Å². The summed E-state index contributed by atoms with van der Waals surface area (Å²) in [5.74, 6) is -5.70. The Bertz CT molecular complexity index is 873. The molecule has 0 amide bonds. The fraction of sp³-hybridized carbons (Fsp3) is 0.300. The van der Waals surface area contributed by atoms with Crippen molar-refractivity contribution in [3.05, 3.63) is 59.7 Å². The number of esters is 2. The van der Waals surface area contributed by atoms with Gasteiger partial charge in [0.25, 0.3) is 0 Å². The normalized spacial score (nSPS) is 14.5. The number of hydrogen-bond acceptors (Lipinski definition) is 10. The number of carboxylic acid groups (broad SMARTS) is 2. The van der Waals surface area contributed by atoms with E-state index in [9.17, 15) is 39.6 Å². The lowest BCUT2D eigenvalue weighted by molar-refractivity contribution is -0.259. The van der Waals surface area contributed by atoms with E-state index < -0.39 is 65.0 Å². The van der Waals surface area contributed by atoms with Crippen molar-refractivity contribution in [1.29, 1.82) is 0 Å². The van der Waals surface area contributed by atoms with Gasteiger partial charge in [0.2, 0.25) is 0 Å². The monoisotopic (exact) mass is 420 g/mol. The summed E-state index contributed by atoms with van der Waals surface area (Å²) in [7, 11) is 0. The van der Waals surface area contributed by atoms with Crippen molar-refractivity contribution in [3.63, 3.8) is 0 Å². The second-order valence-corrected chi connectivity index (χ2v) is 6.15. The molecule has 0 aliphatic heterocycles. The molecule has 0 bridgehead atoms. The van der Waals surface area contributed by atoms with E-state index in [1.165, 1.54) is 13.8 Å². The quantitative estimate of drug-likeness (QED) is 0.342. The molecule has 10 nitrogen and oxygen atoms in total. The molecule has 0 saturated carbocycles. The molecule has 1 aromatic carbocycles. The highest BCUT2D eigenvalue weighted by Crippen LogP contribution is 2.34. The van der Waals surface area contributed by atoms with Crippen molar-refractivity contribution in [2.24, 2.45) is 0 Å². The first-order valence-electron chi connectivity index (χ1n) is 8.57. The Balaban J connectivity index is 3.67. The van der Waals surface area contributed by atoms with Gasteiger partial charge in [0.1, 0.15) is 24.4 Å². The van der Waals surface area contributed by atoms with Crippen LogP contribution in [0.2, 0.25) is 0 Å². The third kappa shape index (κ3) is 5.52. The summed E-state index contributed by atoms with van der Waals surface area (Å²) >= 11 is 0. The molecule has 162 valence electrons. The summed E-state index contributed by atoms with van der Waals surface area (Å²) in [6.45, 7) is 8.87. The smallest absolute Gasteiger partial charge is 0.330 e. The highest BCUT2D eigenvalue weighted by Gasteiger charge is 2.32. The van der Waals surface area contributed by atoms with Crippen molar-refractivity contribution < 1.29 is 49.1 Å². The Morgan fingerprint density at radius 2 is 1.37 bits per heavy atom. The molecule has 0 aromatic heterocycles. The van der Waals surface area contributed by atoms with Crippen LogP contribution in [0.4, 0.5) is 0 Å². The first-order valence-corrected chi connectivity index (χ1v) is 8.57. The van der Waals surface area contributed by atoms with Crippen LogP contribution >= 0.6 is 0 Å². The van der Waals surface area contributed by atoms with Crippen LogP contribution in [0.15, 0.2) is 37.4 Å². The van der Waals surface area contributed by atoms with Gasteiger partial charge >= 0.3 is 11.9 Å². The molecule has 0 radical (unpaired) electrons. The average Bonchev–Trinajstić information content (AvgIpc) is 2.70. The second kappa shape index (κ2) is 10.3. The predicted octanol–water partition coefficient (Wildman–Crippen LogP) is -1.28. The summed E-state index contributed by atoms with van der Waals surface area (Å²) in [5.41, 5.74) is -2.71. The summed E-state index contributed by atoms with van der Waals surface area (Å²) in [6, 6.07) is 1.85. The Labute approximate surface area is 171 Å². The van der Waals surface area contributed by atoms with Gasteiger partial charge in [-0.15, -0.1) is 0 Å². The van der Waals surface area contributed by atoms with Crippen LogP contribution in [0.25, 0.3) is 0 Å². The molecular weight excluding hydrogens is 400 g/mol. The lowest BCUT2D eigenvalue weighted by Gasteiger charge is -2.29. The molecule has 0 aliphatic rings. The van der Waals surface area contributed by atoms with Crippen LogP contribution in [0, 0.1) is 0 Å². The van der Waals surface area contributed by atoms with Crippen LogP contribution in [0.3, 0.4) is 0 Å². The van der Waals surface area contributed by atoms with Crippen molar-refractivity contribution in [2.45, 2.75) is 38.3 Å². The number of carbonyl (C=O) groups is 4. The van der Waals surface area contributed by atoms with Gasteiger partial charge in [0.15, 0.2) is 0 Å². The van der Waals surface area contributed by atoms with Crippen molar-refractivity contribution >= 4 is 23.9 Å². The number of benzene rings is 1. The predicted molar refractivity (Wildman–Crippen MR) is 96.5 cm³/mol. The van der Waals surface area contributed by atoms with Gasteiger partial charge in [-0.2, -0.15) is 0 Å². The topological polar surface area (TPSA) is 173 Å². The number of carboxylic acids is 2. The fourth-order valence-corrected chi connectivity index (χ4v) is 2.68. The molecule has 0 spiro atoms. The molecule has 4 atom stereocenters. The summed E-state index contributed by atoms with van der Waals surface area (Å²) < 4.78 is 9.76. The Morgan fingerprint density at radius 3 is 1.77 bits per heavy atom. The number of aliphatic hydroxyl groups excluding tert-OH is 2. The minimum atomic E-state index is -1.99. The average molecular weight is 420 g/mol. The molecule has 0 saturated heterocycles. The third-order valence-electron chi connectivity index (χ3n) is 4.14. The van der Waals surface area contributed by atoms with Crippen molar-refractivity contribution in [2.75, 3.05) is 0 Å². The number of carbonyl (C=O) groups excluding carboxylic acids is 4. The lowest BCUT2D eigenvalue weighted by atomic mass is 9.87. The number of rotatable bonds is 10. The summed E-state index contributed by atoms with van der Waals surface area (Å²) in [5, 5.41) is 44.3. The molecule has 1 aromatic rings. The Hall–Kier alpha value is -3.50. The largest absolute Gasteiger partial charge is 0.545 e. The summed E-state index contributed by atoms with van der Waals surface area (Å²) in [4.78, 5) is 45.9. The first kappa shape index (κ1) is 24.5. The van der Waals surface area contributed by atoms with E-state index in [-0.39, 0.29) is 5.56 Å².